The molecule has 4 nitrogen and oxygen atoms in total. The Bertz CT molecular complexity index is 308. The molecule has 0 fully saturated rings. The van der Waals surface area contributed by atoms with Crippen molar-refractivity contribution in [3.8, 4) is 0 Å². The summed E-state index contributed by atoms with van der Waals surface area (Å²) in [6, 6.07) is 0. The summed E-state index contributed by atoms with van der Waals surface area (Å²) in [5.74, 6) is 1.17. The van der Waals surface area contributed by atoms with Crippen molar-refractivity contribution in [2.75, 3.05) is 12.4 Å². The van der Waals surface area contributed by atoms with Gasteiger partial charge in [-0.1, -0.05) is 0 Å². The SMILES string of the molecule is CC(C)(CCl)C(=O)NCCc1ncc[nH]1. The first kappa shape index (κ1) is 12.0. The molecule has 0 aliphatic carbocycles. The first-order valence-corrected chi connectivity index (χ1v) is 5.42. The van der Waals surface area contributed by atoms with Crippen molar-refractivity contribution in [2.45, 2.75) is 20.3 Å². The lowest BCUT2D eigenvalue weighted by Crippen LogP contribution is -2.39. The van der Waals surface area contributed by atoms with Crippen LogP contribution >= 0.6 is 11.6 Å². The Morgan fingerprint density at radius 2 is 2.40 bits per heavy atom. The third-order valence-electron chi connectivity index (χ3n) is 2.15. The van der Waals surface area contributed by atoms with E-state index in [2.05, 4.69) is 15.3 Å². The van der Waals surface area contributed by atoms with Gasteiger partial charge in [0.2, 0.25) is 5.91 Å². The predicted octanol–water partition coefficient (Wildman–Crippen LogP) is 1.33. The van der Waals surface area contributed by atoms with Crippen molar-refractivity contribution < 1.29 is 4.79 Å². The molecule has 2 N–H and O–H groups in total. The quantitative estimate of drug-likeness (QED) is 0.749. The molecule has 0 bridgehead atoms. The molecule has 1 aromatic rings. The number of imidazole rings is 1. The first-order valence-electron chi connectivity index (χ1n) is 4.89. The van der Waals surface area contributed by atoms with Gasteiger partial charge >= 0.3 is 0 Å². The van der Waals surface area contributed by atoms with Gasteiger partial charge in [0.15, 0.2) is 0 Å². The highest BCUT2D eigenvalue weighted by Gasteiger charge is 2.25. The smallest absolute Gasteiger partial charge is 0.226 e. The second-order valence-corrected chi connectivity index (χ2v) is 4.33. The summed E-state index contributed by atoms with van der Waals surface area (Å²) in [4.78, 5) is 18.6. The van der Waals surface area contributed by atoms with Crippen molar-refractivity contribution in [2.24, 2.45) is 5.41 Å². The van der Waals surface area contributed by atoms with Crippen molar-refractivity contribution in [1.29, 1.82) is 0 Å². The predicted molar refractivity (Wildman–Crippen MR) is 59.8 cm³/mol. The summed E-state index contributed by atoms with van der Waals surface area (Å²) in [7, 11) is 0. The monoisotopic (exact) mass is 229 g/mol. The van der Waals surface area contributed by atoms with Crippen molar-refractivity contribution >= 4 is 17.5 Å². The van der Waals surface area contributed by atoms with E-state index in [1.165, 1.54) is 0 Å². The highest BCUT2D eigenvalue weighted by molar-refractivity contribution is 6.19. The fraction of sp³-hybridized carbons (Fsp3) is 0.600. The Labute approximate surface area is 94.4 Å². The van der Waals surface area contributed by atoms with Crippen LogP contribution in [0, 0.1) is 5.41 Å². The van der Waals surface area contributed by atoms with Gasteiger partial charge in [-0.05, 0) is 13.8 Å². The van der Waals surface area contributed by atoms with Crippen LogP contribution in [-0.4, -0.2) is 28.3 Å². The number of aromatic nitrogens is 2. The number of halogens is 1. The Morgan fingerprint density at radius 3 is 2.93 bits per heavy atom. The Balaban J connectivity index is 2.29. The van der Waals surface area contributed by atoms with Crippen LogP contribution in [0.25, 0.3) is 0 Å². The average molecular weight is 230 g/mol. The molecule has 0 aliphatic heterocycles. The lowest BCUT2D eigenvalue weighted by Gasteiger charge is -2.19. The lowest BCUT2D eigenvalue weighted by molar-refractivity contribution is -0.128. The van der Waals surface area contributed by atoms with Crippen LogP contribution in [0.2, 0.25) is 0 Å². The number of nitrogens with one attached hydrogen (secondary N) is 2. The molecule has 0 unspecified atom stereocenters. The first-order chi connectivity index (χ1) is 7.06. The minimum atomic E-state index is -0.509. The molecule has 0 aliphatic rings. The zero-order valence-corrected chi connectivity index (χ0v) is 9.77. The number of hydrogen-bond acceptors (Lipinski definition) is 2. The van der Waals surface area contributed by atoms with E-state index in [1.54, 1.807) is 12.4 Å². The van der Waals surface area contributed by atoms with Crippen LogP contribution < -0.4 is 5.32 Å². The average Bonchev–Trinajstić information content (AvgIpc) is 2.70. The molecule has 0 radical (unpaired) electrons. The van der Waals surface area contributed by atoms with Gasteiger partial charge in [-0.2, -0.15) is 0 Å². The topological polar surface area (TPSA) is 57.8 Å². The molecule has 1 rings (SSSR count). The number of hydrogen-bond donors (Lipinski definition) is 2. The van der Waals surface area contributed by atoms with Gasteiger partial charge in [-0.15, -0.1) is 11.6 Å². The third kappa shape index (κ3) is 3.55. The lowest BCUT2D eigenvalue weighted by atomic mass is 9.95. The third-order valence-corrected chi connectivity index (χ3v) is 2.82. The van der Waals surface area contributed by atoms with Crippen LogP contribution in [-0.2, 0) is 11.2 Å². The molecule has 0 saturated carbocycles. The highest BCUT2D eigenvalue weighted by Crippen LogP contribution is 2.16. The van der Waals surface area contributed by atoms with E-state index < -0.39 is 5.41 Å². The van der Waals surface area contributed by atoms with Crippen LogP contribution in [0.1, 0.15) is 19.7 Å². The van der Waals surface area contributed by atoms with Gasteiger partial charge in [-0.3, -0.25) is 4.79 Å². The summed E-state index contributed by atoms with van der Waals surface area (Å²) in [6.45, 7) is 4.22. The van der Waals surface area contributed by atoms with Crippen molar-refractivity contribution in [3.63, 3.8) is 0 Å². The number of aromatic amines is 1. The van der Waals surface area contributed by atoms with Crippen LogP contribution in [0.15, 0.2) is 12.4 Å². The van der Waals surface area contributed by atoms with Gasteiger partial charge in [0.25, 0.3) is 0 Å². The second-order valence-electron chi connectivity index (χ2n) is 4.06. The zero-order valence-electron chi connectivity index (χ0n) is 9.01. The Morgan fingerprint density at radius 1 is 1.67 bits per heavy atom. The van der Waals surface area contributed by atoms with Gasteiger partial charge in [0.1, 0.15) is 5.82 Å². The van der Waals surface area contributed by atoms with Gasteiger partial charge in [0, 0.05) is 31.2 Å². The summed E-state index contributed by atoms with van der Waals surface area (Å²) in [5.41, 5.74) is -0.509. The number of carbonyl (C=O) groups excluding carboxylic acids is 1. The molecule has 1 heterocycles. The molecule has 84 valence electrons. The summed E-state index contributed by atoms with van der Waals surface area (Å²) in [5, 5.41) is 2.83. The second kappa shape index (κ2) is 5.16. The number of carbonyl (C=O) groups is 1. The fourth-order valence-corrected chi connectivity index (χ4v) is 1.15. The molecule has 15 heavy (non-hydrogen) atoms. The van der Waals surface area contributed by atoms with E-state index in [1.807, 2.05) is 13.8 Å². The molecular weight excluding hydrogens is 214 g/mol. The van der Waals surface area contributed by atoms with Gasteiger partial charge in [0.05, 0.1) is 5.41 Å². The Hall–Kier alpha value is -1.03. The van der Waals surface area contributed by atoms with Crippen LogP contribution in [0.5, 0.6) is 0 Å². The zero-order chi connectivity index (χ0) is 11.3. The molecular formula is C10H16ClN3O. The molecule has 0 spiro atoms. The number of amides is 1. The van der Waals surface area contributed by atoms with E-state index in [0.29, 0.717) is 18.8 Å². The van der Waals surface area contributed by atoms with Crippen LogP contribution in [0.4, 0.5) is 0 Å². The van der Waals surface area contributed by atoms with E-state index in [0.717, 1.165) is 5.82 Å². The number of H-pyrrole nitrogens is 1. The van der Waals surface area contributed by atoms with Gasteiger partial charge in [-0.25, -0.2) is 4.98 Å². The van der Waals surface area contributed by atoms with Crippen molar-refractivity contribution in [1.82, 2.24) is 15.3 Å². The maximum absolute atomic E-state index is 11.6. The number of rotatable bonds is 5. The summed E-state index contributed by atoms with van der Waals surface area (Å²) < 4.78 is 0. The van der Waals surface area contributed by atoms with Crippen LogP contribution in [0.3, 0.4) is 0 Å². The minimum Gasteiger partial charge on any atom is -0.355 e. The standard InChI is InChI=1S/C10H16ClN3O/c1-10(2,7-11)9(15)14-4-3-8-12-5-6-13-8/h5-6H,3-4,7H2,1-2H3,(H,12,13)(H,14,15). The minimum absolute atomic E-state index is 0.0240. The van der Waals surface area contributed by atoms with E-state index in [4.69, 9.17) is 11.6 Å². The molecule has 1 aromatic heterocycles. The highest BCUT2D eigenvalue weighted by atomic mass is 35.5. The number of alkyl halides is 1. The van der Waals surface area contributed by atoms with Gasteiger partial charge < -0.3 is 10.3 Å². The van der Waals surface area contributed by atoms with Crippen molar-refractivity contribution in [3.05, 3.63) is 18.2 Å². The normalized spacial score (nSPS) is 11.4. The largest absolute Gasteiger partial charge is 0.355 e. The Kier molecular flexibility index (Phi) is 4.15. The molecule has 0 aromatic carbocycles. The molecule has 1 amide bonds. The number of nitrogens with zero attached hydrogens (tertiary/aromatic N) is 1. The maximum Gasteiger partial charge on any atom is 0.226 e. The molecule has 0 saturated heterocycles. The van der Waals surface area contributed by atoms with E-state index in [-0.39, 0.29) is 5.91 Å². The molecule has 5 heteroatoms. The van der Waals surface area contributed by atoms with E-state index >= 15 is 0 Å². The fourth-order valence-electron chi connectivity index (χ4n) is 1.03. The molecule has 0 atom stereocenters. The maximum atomic E-state index is 11.6. The summed E-state index contributed by atoms with van der Waals surface area (Å²) >= 11 is 5.69. The summed E-state index contributed by atoms with van der Waals surface area (Å²) in [6.07, 6.45) is 4.16. The van der Waals surface area contributed by atoms with E-state index in [9.17, 15) is 4.79 Å².